The van der Waals surface area contributed by atoms with Gasteiger partial charge in [0.25, 0.3) is 5.91 Å². The number of hydrogen-bond donors (Lipinski definition) is 2. The van der Waals surface area contributed by atoms with E-state index in [2.05, 4.69) is 31.5 Å². The Balaban J connectivity index is 1.69. The lowest BCUT2D eigenvalue weighted by atomic mass is 10.1. The second-order valence-electron chi connectivity index (χ2n) is 7.52. The third-order valence-corrected chi connectivity index (χ3v) is 5.95. The SMILES string of the molecule is CC(C)C(=O)N1CCN(c2c(Cl)cccc2NC(=S)NC(=O)c2cccc(Br)c2)CC1. The van der Waals surface area contributed by atoms with E-state index in [0.29, 0.717) is 42.5 Å². The Morgan fingerprint density at radius 2 is 1.77 bits per heavy atom. The number of nitrogens with zero attached hydrogens (tertiary/aromatic N) is 2. The second-order valence-corrected chi connectivity index (χ2v) is 9.25. The van der Waals surface area contributed by atoms with Crippen molar-refractivity contribution in [2.75, 3.05) is 36.4 Å². The molecule has 3 rings (SSSR count). The summed E-state index contributed by atoms with van der Waals surface area (Å²) in [5.41, 5.74) is 2.01. The van der Waals surface area contributed by atoms with Crippen molar-refractivity contribution in [2.24, 2.45) is 5.92 Å². The summed E-state index contributed by atoms with van der Waals surface area (Å²) in [7, 11) is 0. The molecule has 0 unspecified atom stereocenters. The molecule has 0 spiro atoms. The van der Waals surface area contributed by atoms with Crippen LogP contribution in [0.2, 0.25) is 5.02 Å². The van der Waals surface area contributed by atoms with Crippen LogP contribution < -0.4 is 15.5 Å². The van der Waals surface area contributed by atoms with E-state index in [4.69, 9.17) is 23.8 Å². The molecule has 1 aliphatic rings. The van der Waals surface area contributed by atoms with E-state index in [1.807, 2.05) is 43.0 Å². The van der Waals surface area contributed by atoms with Crippen molar-refractivity contribution < 1.29 is 9.59 Å². The van der Waals surface area contributed by atoms with Crippen LogP contribution in [0.1, 0.15) is 24.2 Å². The summed E-state index contributed by atoms with van der Waals surface area (Å²) in [6.07, 6.45) is 0. The van der Waals surface area contributed by atoms with Gasteiger partial charge in [0.15, 0.2) is 5.11 Å². The number of nitrogens with one attached hydrogen (secondary N) is 2. The van der Waals surface area contributed by atoms with Crippen molar-refractivity contribution in [2.45, 2.75) is 13.8 Å². The van der Waals surface area contributed by atoms with Gasteiger partial charge < -0.3 is 15.1 Å². The highest BCUT2D eigenvalue weighted by atomic mass is 79.9. The van der Waals surface area contributed by atoms with Gasteiger partial charge in [-0.05, 0) is 42.5 Å². The van der Waals surface area contributed by atoms with Crippen LogP contribution in [0.4, 0.5) is 11.4 Å². The smallest absolute Gasteiger partial charge is 0.257 e. The van der Waals surface area contributed by atoms with E-state index in [-0.39, 0.29) is 22.8 Å². The van der Waals surface area contributed by atoms with Crippen molar-refractivity contribution in [3.8, 4) is 0 Å². The molecule has 0 atom stereocenters. The van der Waals surface area contributed by atoms with Gasteiger partial charge in [0.1, 0.15) is 0 Å². The van der Waals surface area contributed by atoms with Gasteiger partial charge in [-0.25, -0.2) is 0 Å². The predicted molar refractivity (Wildman–Crippen MR) is 133 cm³/mol. The molecule has 0 aliphatic carbocycles. The van der Waals surface area contributed by atoms with Crippen LogP contribution >= 0.6 is 39.7 Å². The number of carbonyl (C=O) groups excluding carboxylic acids is 2. The maximum Gasteiger partial charge on any atom is 0.257 e. The fourth-order valence-corrected chi connectivity index (χ4v) is 4.31. The molecule has 164 valence electrons. The molecule has 2 aromatic rings. The summed E-state index contributed by atoms with van der Waals surface area (Å²) >= 11 is 15.2. The Morgan fingerprint density at radius 3 is 2.42 bits per heavy atom. The Bertz CT molecular complexity index is 993. The minimum Gasteiger partial charge on any atom is -0.365 e. The number of hydrogen-bond acceptors (Lipinski definition) is 4. The number of piperazine rings is 1. The normalized spacial score (nSPS) is 13.8. The molecule has 1 fully saturated rings. The first-order valence-electron chi connectivity index (χ1n) is 9.96. The number of halogens is 2. The summed E-state index contributed by atoms with van der Waals surface area (Å²) in [5, 5.41) is 6.56. The molecule has 0 bridgehead atoms. The summed E-state index contributed by atoms with van der Waals surface area (Å²) in [6, 6.07) is 12.6. The average Bonchev–Trinajstić information content (AvgIpc) is 2.73. The largest absolute Gasteiger partial charge is 0.365 e. The molecule has 1 saturated heterocycles. The molecule has 6 nitrogen and oxygen atoms in total. The molecule has 2 N–H and O–H groups in total. The highest BCUT2D eigenvalue weighted by Gasteiger charge is 2.25. The van der Waals surface area contributed by atoms with Crippen LogP contribution in [0.5, 0.6) is 0 Å². The molecule has 2 amide bonds. The monoisotopic (exact) mass is 522 g/mol. The predicted octanol–water partition coefficient (Wildman–Crippen LogP) is 4.53. The molecule has 1 aliphatic heterocycles. The number of para-hydroxylation sites is 1. The van der Waals surface area contributed by atoms with Crippen molar-refractivity contribution in [1.29, 1.82) is 0 Å². The van der Waals surface area contributed by atoms with Crippen LogP contribution in [0.25, 0.3) is 0 Å². The molecule has 0 saturated carbocycles. The quantitative estimate of drug-likeness (QED) is 0.577. The molecule has 9 heteroatoms. The topological polar surface area (TPSA) is 64.7 Å². The zero-order valence-corrected chi connectivity index (χ0v) is 20.5. The average molecular weight is 524 g/mol. The van der Waals surface area contributed by atoms with Gasteiger partial charge in [0.05, 0.1) is 16.4 Å². The summed E-state index contributed by atoms with van der Waals surface area (Å²) < 4.78 is 0.811. The van der Waals surface area contributed by atoms with Crippen molar-refractivity contribution in [3.63, 3.8) is 0 Å². The number of benzene rings is 2. The first kappa shape index (κ1) is 23.5. The molecule has 0 aromatic heterocycles. The van der Waals surface area contributed by atoms with E-state index < -0.39 is 0 Å². The van der Waals surface area contributed by atoms with E-state index >= 15 is 0 Å². The van der Waals surface area contributed by atoms with Crippen LogP contribution in [0.15, 0.2) is 46.9 Å². The second kappa shape index (κ2) is 10.4. The number of anilines is 2. The Labute approximate surface area is 201 Å². The number of rotatable bonds is 4. The van der Waals surface area contributed by atoms with E-state index in [9.17, 15) is 9.59 Å². The molecule has 1 heterocycles. The number of amides is 2. The van der Waals surface area contributed by atoms with Gasteiger partial charge in [0.2, 0.25) is 5.91 Å². The van der Waals surface area contributed by atoms with Crippen molar-refractivity contribution in [1.82, 2.24) is 10.2 Å². The number of thiocarbonyl (C=S) groups is 1. The first-order valence-corrected chi connectivity index (χ1v) is 11.5. The highest BCUT2D eigenvalue weighted by molar-refractivity contribution is 9.10. The maximum absolute atomic E-state index is 12.5. The first-order chi connectivity index (χ1) is 14.8. The van der Waals surface area contributed by atoms with Gasteiger partial charge in [0, 0.05) is 42.1 Å². The minimum absolute atomic E-state index is 0.0182. The van der Waals surface area contributed by atoms with Gasteiger partial charge in [-0.15, -0.1) is 0 Å². The Kier molecular flexibility index (Phi) is 7.91. The molecule has 2 aromatic carbocycles. The highest BCUT2D eigenvalue weighted by Crippen LogP contribution is 2.34. The lowest BCUT2D eigenvalue weighted by Crippen LogP contribution is -2.50. The van der Waals surface area contributed by atoms with Crippen LogP contribution in [-0.2, 0) is 4.79 Å². The summed E-state index contributed by atoms with van der Waals surface area (Å²) in [5.74, 6) is -0.160. The van der Waals surface area contributed by atoms with E-state index in [0.717, 1.165) is 10.2 Å². The zero-order chi connectivity index (χ0) is 22.5. The molecular weight excluding hydrogens is 500 g/mol. The van der Waals surface area contributed by atoms with Crippen molar-refractivity contribution in [3.05, 3.63) is 57.5 Å². The fourth-order valence-electron chi connectivity index (χ4n) is 3.41. The number of carbonyl (C=O) groups is 2. The molecule has 31 heavy (non-hydrogen) atoms. The fraction of sp³-hybridized carbons (Fsp3) is 0.318. The van der Waals surface area contributed by atoms with Crippen LogP contribution in [0, 0.1) is 5.92 Å². The molecule has 0 radical (unpaired) electrons. The van der Waals surface area contributed by atoms with E-state index in [1.54, 1.807) is 18.2 Å². The van der Waals surface area contributed by atoms with Crippen molar-refractivity contribution >= 4 is 68.1 Å². The van der Waals surface area contributed by atoms with Gasteiger partial charge in [-0.3, -0.25) is 14.9 Å². The standard InChI is InChI=1S/C22H24BrClN4O2S/c1-14(2)21(30)28-11-9-27(10-12-28)19-17(24)7-4-8-18(19)25-22(31)26-20(29)15-5-3-6-16(23)13-15/h3-8,13-14H,9-12H2,1-2H3,(H2,25,26,29,31). The Hall–Kier alpha value is -2.16. The zero-order valence-electron chi connectivity index (χ0n) is 17.3. The third-order valence-electron chi connectivity index (χ3n) is 4.95. The minimum atomic E-state index is -0.303. The lowest BCUT2D eigenvalue weighted by molar-refractivity contribution is -0.134. The lowest BCUT2D eigenvalue weighted by Gasteiger charge is -2.38. The van der Waals surface area contributed by atoms with E-state index in [1.165, 1.54) is 0 Å². The third kappa shape index (κ3) is 5.96. The summed E-state index contributed by atoms with van der Waals surface area (Å²) in [6.45, 7) is 6.40. The van der Waals surface area contributed by atoms with Crippen LogP contribution in [-0.4, -0.2) is 48.0 Å². The van der Waals surface area contributed by atoms with Gasteiger partial charge in [-0.1, -0.05) is 53.5 Å². The van der Waals surface area contributed by atoms with Crippen LogP contribution in [0.3, 0.4) is 0 Å². The Morgan fingerprint density at radius 1 is 1.10 bits per heavy atom. The molecular formula is C22H24BrClN4O2S. The maximum atomic E-state index is 12.5. The van der Waals surface area contributed by atoms with Gasteiger partial charge >= 0.3 is 0 Å². The van der Waals surface area contributed by atoms with Gasteiger partial charge in [-0.2, -0.15) is 0 Å². The summed E-state index contributed by atoms with van der Waals surface area (Å²) in [4.78, 5) is 28.8.